The van der Waals surface area contributed by atoms with E-state index < -0.39 is 18.4 Å². The molecular weight excluding hydrogens is 378 g/mol. The van der Waals surface area contributed by atoms with Crippen LogP contribution in [0, 0.1) is 0 Å². The van der Waals surface area contributed by atoms with Crippen LogP contribution in [0.2, 0.25) is 0 Å². The van der Waals surface area contributed by atoms with E-state index in [2.05, 4.69) is 50.3 Å². The Kier molecular flexibility index (Phi) is 12.7. The Labute approximate surface area is 130 Å². The van der Waals surface area contributed by atoms with Crippen LogP contribution < -0.4 is 5.32 Å². The predicted molar refractivity (Wildman–Crippen MR) is 84.4 cm³/mol. The van der Waals surface area contributed by atoms with E-state index in [0.717, 1.165) is 4.47 Å². The highest BCUT2D eigenvalue weighted by atomic mass is 79.9. The maximum absolute atomic E-state index is 11.5. The van der Waals surface area contributed by atoms with E-state index in [9.17, 15) is 9.59 Å². The summed E-state index contributed by atoms with van der Waals surface area (Å²) in [5.74, 6) is -1.50. The third-order valence-corrected chi connectivity index (χ3v) is 2.76. The fraction of sp³-hybridized carbons (Fsp3) is 0.231. The van der Waals surface area contributed by atoms with E-state index in [1.54, 1.807) is 18.2 Å². The highest BCUT2D eigenvalue weighted by Crippen LogP contribution is 2.21. The highest BCUT2D eigenvalue weighted by molar-refractivity contribution is 9.11. The number of carboxylic acid groups (broad SMARTS) is 1. The quantitative estimate of drug-likeness (QED) is 0.765. The molecule has 0 atom stereocenters. The monoisotopic (exact) mass is 393 g/mol. The molecule has 0 radical (unpaired) electrons. The molecule has 4 nitrogen and oxygen atoms in total. The molecule has 0 spiro atoms. The summed E-state index contributed by atoms with van der Waals surface area (Å²) in [5.41, 5.74) is 0.394. The van der Waals surface area contributed by atoms with Crippen LogP contribution in [-0.4, -0.2) is 23.5 Å². The smallest absolute Gasteiger partial charge is 0.322 e. The number of nitrogens with one attached hydrogen (secondary N) is 1. The number of halogens is 2. The second-order valence-corrected chi connectivity index (χ2v) is 4.47. The Morgan fingerprint density at radius 3 is 2.26 bits per heavy atom. The van der Waals surface area contributed by atoms with Gasteiger partial charge in [0.2, 0.25) is 0 Å². The zero-order chi connectivity index (χ0) is 15.4. The van der Waals surface area contributed by atoms with E-state index in [0.29, 0.717) is 10.0 Å². The van der Waals surface area contributed by atoms with Gasteiger partial charge >= 0.3 is 5.97 Å². The van der Waals surface area contributed by atoms with Crippen molar-refractivity contribution in [3.8, 4) is 0 Å². The van der Waals surface area contributed by atoms with E-state index in [1.165, 1.54) is 0 Å². The average molecular weight is 395 g/mol. The Bertz CT molecular complexity index is 422. The van der Waals surface area contributed by atoms with E-state index in [1.807, 2.05) is 13.8 Å². The van der Waals surface area contributed by atoms with E-state index in [-0.39, 0.29) is 0 Å². The van der Waals surface area contributed by atoms with E-state index in [4.69, 9.17) is 5.11 Å². The first-order chi connectivity index (χ1) is 9.00. The van der Waals surface area contributed by atoms with Crippen molar-refractivity contribution in [1.29, 1.82) is 0 Å². The van der Waals surface area contributed by atoms with Crippen LogP contribution in [0.25, 0.3) is 0 Å². The lowest BCUT2D eigenvalue weighted by atomic mass is 10.2. The Balaban J connectivity index is 0. The summed E-state index contributed by atoms with van der Waals surface area (Å²) in [6, 6.07) is 5.10. The second-order valence-electron chi connectivity index (χ2n) is 2.70. The van der Waals surface area contributed by atoms with Crippen molar-refractivity contribution in [1.82, 2.24) is 5.32 Å². The lowest BCUT2D eigenvalue weighted by Gasteiger charge is -2.05. The van der Waals surface area contributed by atoms with Crippen molar-refractivity contribution in [3.05, 3.63) is 45.9 Å². The first kappa shape index (κ1) is 20.2. The first-order valence-electron chi connectivity index (χ1n) is 5.45. The van der Waals surface area contributed by atoms with Gasteiger partial charge in [0.15, 0.2) is 0 Å². The zero-order valence-electron chi connectivity index (χ0n) is 10.9. The second kappa shape index (κ2) is 11.9. The maximum atomic E-state index is 11.5. The van der Waals surface area contributed by atoms with Gasteiger partial charge in [-0.05, 0) is 34.1 Å². The summed E-state index contributed by atoms with van der Waals surface area (Å²) in [5, 5.41) is 10.7. The molecule has 0 fully saturated rings. The molecular formula is C13H17Br2NO3. The summed E-state index contributed by atoms with van der Waals surface area (Å²) >= 11 is 6.44. The molecule has 1 rings (SSSR count). The topological polar surface area (TPSA) is 66.4 Å². The van der Waals surface area contributed by atoms with Crippen LogP contribution in [-0.2, 0) is 4.79 Å². The van der Waals surface area contributed by atoms with Crippen LogP contribution in [0.5, 0.6) is 0 Å². The molecule has 19 heavy (non-hydrogen) atoms. The summed E-state index contributed by atoms with van der Waals surface area (Å²) in [4.78, 5) is 21.7. The van der Waals surface area contributed by atoms with Gasteiger partial charge in [-0.1, -0.05) is 29.8 Å². The fourth-order valence-electron chi connectivity index (χ4n) is 0.923. The van der Waals surface area contributed by atoms with Gasteiger partial charge in [0, 0.05) is 8.95 Å². The Morgan fingerprint density at radius 2 is 1.79 bits per heavy atom. The number of benzene rings is 1. The minimum atomic E-state index is -1.07. The Hall–Kier alpha value is -1.14. The normalized spacial score (nSPS) is 8.21. The number of aliphatic carboxylic acids is 1. The van der Waals surface area contributed by atoms with Crippen LogP contribution in [0.3, 0.4) is 0 Å². The minimum absolute atomic E-state index is 0.391. The van der Waals surface area contributed by atoms with E-state index >= 15 is 0 Å². The molecule has 106 valence electrons. The van der Waals surface area contributed by atoms with Crippen molar-refractivity contribution in [2.24, 2.45) is 0 Å². The molecule has 0 aromatic heterocycles. The maximum Gasteiger partial charge on any atom is 0.322 e. The summed E-state index contributed by atoms with van der Waals surface area (Å²) in [6.45, 7) is 9.61. The number of amides is 1. The van der Waals surface area contributed by atoms with Crippen LogP contribution >= 0.6 is 31.9 Å². The Morgan fingerprint density at radius 1 is 1.26 bits per heavy atom. The number of hydrogen-bond acceptors (Lipinski definition) is 2. The number of carbonyl (C=O) groups excluding carboxylic acids is 1. The third-order valence-electron chi connectivity index (χ3n) is 1.57. The average Bonchev–Trinajstić information content (AvgIpc) is 2.43. The van der Waals surface area contributed by atoms with Gasteiger partial charge in [0.25, 0.3) is 5.91 Å². The fourth-order valence-corrected chi connectivity index (χ4v) is 1.71. The van der Waals surface area contributed by atoms with Crippen LogP contribution in [0.4, 0.5) is 0 Å². The molecule has 0 aliphatic carbocycles. The molecule has 1 amide bonds. The molecule has 0 saturated heterocycles. The molecule has 0 heterocycles. The largest absolute Gasteiger partial charge is 0.480 e. The van der Waals surface area contributed by atoms with Gasteiger partial charge in [-0.2, -0.15) is 0 Å². The van der Waals surface area contributed by atoms with Gasteiger partial charge in [0.05, 0.1) is 5.56 Å². The van der Waals surface area contributed by atoms with Crippen molar-refractivity contribution < 1.29 is 14.7 Å². The van der Waals surface area contributed by atoms with Gasteiger partial charge in [-0.15, -0.1) is 13.2 Å². The standard InChI is InChI=1S/C9H7Br2NO3.C2H6.C2H4/c10-5-1-2-7(11)6(3-5)9(15)12-4-8(13)14;2*1-2/h1-3H,4H2,(H,12,15)(H,13,14);1-2H3;1-2H2. The third kappa shape index (κ3) is 8.56. The molecule has 1 aromatic rings. The summed E-state index contributed by atoms with van der Waals surface area (Å²) in [6.07, 6.45) is 0. The minimum Gasteiger partial charge on any atom is -0.480 e. The number of carboxylic acids is 1. The SMILES string of the molecule is C=C.CC.O=C(O)CNC(=O)c1cc(Br)ccc1Br. The van der Waals surface area contributed by atoms with Crippen molar-refractivity contribution in [3.63, 3.8) is 0 Å². The summed E-state index contributed by atoms with van der Waals surface area (Å²) in [7, 11) is 0. The highest BCUT2D eigenvalue weighted by Gasteiger charge is 2.11. The van der Waals surface area contributed by atoms with Gasteiger partial charge in [-0.3, -0.25) is 9.59 Å². The molecule has 6 heteroatoms. The molecule has 2 N–H and O–H groups in total. The number of carbonyl (C=O) groups is 2. The molecule has 0 saturated carbocycles. The van der Waals surface area contributed by atoms with Crippen molar-refractivity contribution in [2.45, 2.75) is 13.8 Å². The summed E-state index contributed by atoms with van der Waals surface area (Å²) < 4.78 is 1.37. The molecule has 0 unspecified atom stereocenters. The molecule has 0 aliphatic heterocycles. The predicted octanol–water partition coefficient (Wildman–Crippen LogP) is 3.85. The van der Waals surface area contributed by atoms with Crippen molar-refractivity contribution >= 4 is 43.7 Å². The molecule has 0 bridgehead atoms. The van der Waals surface area contributed by atoms with Crippen LogP contribution in [0.1, 0.15) is 24.2 Å². The van der Waals surface area contributed by atoms with Gasteiger partial charge < -0.3 is 10.4 Å². The lowest BCUT2D eigenvalue weighted by Crippen LogP contribution is -2.29. The van der Waals surface area contributed by atoms with Crippen molar-refractivity contribution in [2.75, 3.05) is 6.54 Å². The zero-order valence-corrected chi connectivity index (χ0v) is 14.0. The lowest BCUT2D eigenvalue weighted by molar-refractivity contribution is -0.135. The molecule has 1 aromatic carbocycles. The first-order valence-corrected chi connectivity index (χ1v) is 7.04. The molecule has 0 aliphatic rings. The van der Waals surface area contributed by atoms with Crippen LogP contribution in [0.15, 0.2) is 40.3 Å². The van der Waals surface area contributed by atoms with Gasteiger partial charge in [0.1, 0.15) is 6.54 Å². The van der Waals surface area contributed by atoms with Gasteiger partial charge in [-0.25, -0.2) is 0 Å². The number of hydrogen-bond donors (Lipinski definition) is 2. The number of rotatable bonds is 3.